The maximum atomic E-state index is 12.9. The third-order valence-electron chi connectivity index (χ3n) is 5.21. The number of aliphatic hydroxyl groups is 1. The zero-order valence-electron chi connectivity index (χ0n) is 19.2. The molecule has 1 saturated heterocycles. The molecule has 0 bridgehead atoms. The number of amides is 2. The highest BCUT2D eigenvalue weighted by Crippen LogP contribution is 2.40. The summed E-state index contributed by atoms with van der Waals surface area (Å²) in [5, 5.41) is 28.5. The monoisotopic (exact) mass is 548 g/mol. The van der Waals surface area contributed by atoms with Crippen molar-refractivity contribution in [3.63, 3.8) is 0 Å². The molecule has 0 spiro atoms. The molecule has 2 aromatic rings. The molecule has 2 atom stereocenters. The number of anilines is 1. The highest BCUT2D eigenvalue weighted by molar-refractivity contribution is 8.00. The Hall–Kier alpha value is -4.18. The number of thiazole rings is 1. The van der Waals surface area contributed by atoms with E-state index in [1.54, 1.807) is 6.92 Å². The minimum atomic E-state index is -1.01. The summed E-state index contributed by atoms with van der Waals surface area (Å²) in [5.74, 6) is -2.64. The Morgan fingerprint density at radius 2 is 2.11 bits per heavy atom. The number of nitrogens with zero attached hydrogens (tertiary/aromatic N) is 4. The van der Waals surface area contributed by atoms with E-state index in [-0.39, 0.29) is 52.6 Å². The Balaban J connectivity index is 1.43. The lowest BCUT2D eigenvalue weighted by molar-refractivity contribution is -0.384. The van der Waals surface area contributed by atoms with E-state index in [4.69, 9.17) is 15.3 Å². The van der Waals surface area contributed by atoms with Crippen LogP contribution in [0.2, 0.25) is 0 Å². The number of esters is 1. The molecular weight excluding hydrogens is 528 g/mol. The van der Waals surface area contributed by atoms with E-state index in [0.717, 1.165) is 28.0 Å². The molecule has 3 heterocycles. The number of ether oxygens (including phenoxy) is 1. The van der Waals surface area contributed by atoms with Crippen molar-refractivity contribution in [1.82, 2.24) is 15.2 Å². The maximum Gasteiger partial charge on any atom is 0.358 e. The molecule has 0 aliphatic carbocycles. The number of benzene rings is 1. The first kappa shape index (κ1) is 25.9. The second-order valence-electron chi connectivity index (χ2n) is 7.58. The third-order valence-corrected chi connectivity index (χ3v) is 7.15. The SMILES string of the molecule is CCON=C(C(=O)NC1C(=O)N2C(C(=O)OCc3ccc([N+](=O)[O-])cc3)=C(O)CS[C@@H]12)c1csc(N)n1. The number of carbonyl (C=O) groups is 3. The van der Waals surface area contributed by atoms with Gasteiger partial charge in [-0.3, -0.25) is 24.6 Å². The van der Waals surface area contributed by atoms with Crippen LogP contribution in [0.25, 0.3) is 0 Å². The quantitative estimate of drug-likeness (QED) is 0.134. The van der Waals surface area contributed by atoms with Crippen molar-refractivity contribution in [2.45, 2.75) is 24.9 Å². The minimum Gasteiger partial charge on any atom is -0.509 e. The number of β-lactam (4-membered cyclic amide) rings is 1. The van der Waals surface area contributed by atoms with Crippen molar-refractivity contribution in [2.75, 3.05) is 18.1 Å². The smallest absolute Gasteiger partial charge is 0.358 e. The number of hydrogen-bond donors (Lipinski definition) is 3. The number of aliphatic hydroxyl groups excluding tert-OH is 1. The van der Waals surface area contributed by atoms with E-state index in [9.17, 15) is 29.6 Å². The lowest BCUT2D eigenvalue weighted by Crippen LogP contribution is -2.71. The molecule has 1 aromatic carbocycles. The van der Waals surface area contributed by atoms with Gasteiger partial charge in [0.2, 0.25) is 0 Å². The number of nitrogens with two attached hydrogens (primary N) is 1. The molecule has 2 aliphatic rings. The summed E-state index contributed by atoms with van der Waals surface area (Å²) in [6, 6.07) is 4.38. The molecule has 4 rings (SSSR count). The van der Waals surface area contributed by atoms with Gasteiger partial charge in [0.1, 0.15) is 36.1 Å². The van der Waals surface area contributed by atoms with Crippen LogP contribution >= 0.6 is 23.1 Å². The van der Waals surface area contributed by atoms with Gasteiger partial charge in [0, 0.05) is 17.5 Å². The Morgan fingerprint density at radius 1 is 1.38 bits per heavy atom. The van der Waals surface area contributed by atoms with E-state index in [2.05, 4.69) is 15.5 Å². The summed E-state index contributed by atoms with van der Waals surface area (Å²) >= 11 is 2.26. The predicted octanol–water partition coefficient (Wildman–Crippen LogP) is 1.29. The zero-order chi connectivity index (χ0) is 26.7. The lowest BCUT2D eigenvalue weighted by atomic mass is 10.0. The van der Waals surface area contributed by atoms with Crippen LogP contribution in [0.1, 0.15) is 18.2 Å². The highest BCUT2D eigenvalue weighted by atomic mass is 32.2. The fraction of sp³-hybridized carbons (Fsp3) is 0.286. The number of aromatic nitrogens is 1. The van der Waals surface area contributed by atoms with Crippen molar-refractivity contribution < 1.29 is 34.0 Å². The number of fused-ring (bicyclic) bond motifs is 1. The summed E-state index contributed by atoms with van der Waals surface area (Å²) in [4.78, 5) is 58.9. The molecule has 0 saturated carbocycles. The van der Waals surface area contributed by atoms with E-state index in [0.29, 0.717) is 5.56 Å². The predicted molar refractivity (Wildman–Crippen MR) is 132 cm³/mol. The van der Waals surface area contributed by atoms with Crippen LogP contribution < -0.4 is 11.1 Å². The van der Waals surface area contributed by atoms with Crippen LogP contribution in [0.5, 0.6) is 0 Å². The van der Waals surface area contributed by atoms with Crippen LogP contribution in [0.4, 0.5) is 10.8 Å². The molecule has 1 aromatic heterocycles. The maximum absolute atomic E-state index is 12.9. The van der Waals surface area contributed by atoms with Crippen molar-refractivity contribution in [1.29, 1.82) is 0 Å². The Bertz CT molecular complexity index is 1310. The number of oxime groups is 1. The molecule has 1 unspecified atom stereocenters. The van der Waals surface area contributed by atoms with Crippen LogP contribution in [0.15, 0.2) is 46.3 Å². The van der Waals surface area contributed by atoms with Gasteiger partial charge < -0.3 is 25.7 Å². The number of nitrogen functional groups attached to an aromatic ring is 1. The van der Waals surface area contributed by atoms with Gasteiger partial charge in [0.25, 0.3) is 17.5 Å². The van der Waals surface area contributed by atoms with Gasteiger partial charge in [0.15, 0.2) is 16.5 Å². The number of hydrogen-bond acceptors (Lipinski definition) is 13. The number of rotatable bonds is 9. The molecule has 16 heteroatoms. The first-order chi connectivity index (χ1) is 17.7. The third kappa shape index (κ3) is 5.34. The van der Waals surface area contributed by atoms with Crippen LogP contribution in [0, 0.1) is 10.1 Å². The highest BCUT2D eigenvalue weighted by Gasteiger charge is 2.55. The molecule has 2 aliphatic heterocycles. The van der Waals surface area contributed by atoms with Gasteiger partial charge in [-0.15, -0.1) is 23.1 Å². The number of nitro benzene ring substituents is 1. The summed E-state index contributed by atoms with van der Waals surface area (Å²) < 4.78 is 5.23. The van der Waals surface area contributed by atoms with Crippen LogP contribution in [-0.4, -0.2) is 67.2 Å². The van der Waals surface area contributed by atoms with Gasteiger partial charge in [-0.25, -0.2) is 9.78 Å². The molecule has 37 heavy (non-hydrogen) atoms. The molecule has 1 fully saturated rings. The van der Waals surface area contributed by atoms with E-state index >= 15 is 0 Å². The van der Waals surface area contributed by atoms with Crippen molar-refractivity contribution in [3.05, 3.63) is 62.5 Å². The second kappa shape index (κ2) is 10.8. The molecule has 194 valence electrons. The average molecular weight is 549 g/mol. The summed E-state index contributed by atoms with van der Waals surface area (Å²) in [7, 11) is 0. The van der Waals surface area contributed by atoms with Crippen LogP contribution in [0.3, 0.4) is 0 Å². The van der Waals surface area contributed by atoms with Gasteiger partial charge in [0.05, 0.1) is 10.7 Å². The minimum absolute atomic E-state index is 0.00525. The van der Waals surface area contributed by atoms with Gasteiger partial charge in [-0.2, -0.15) is 0 Å². The Morgan fingerprint density at radius 3 is 2.73 bits per heavy atom. The number of carbonyl (C=O) groups excluding carboxylic acids is 3. The Kier molecular flexibility index (Phi) is 7.58. The van der Waals surface area contributed by atoms with E-state index < -0.39 is 34.1 Å². The number of nitrogens with one attached hydrogen (secondary N) is 1. The molecular formula is C21H20N6O8S2. The lowest BCUT2D eigenvalue weighted by Gasteiger charge is -2.48. The zero-order valence-corrected chi connectivity index (χ0v) is 20.8. The van der Waals surface area contributed by atoms with E-state index in [1.165, 1.54) is 29.6 Å². The average Bonchev–Trinajstić information content (AvgIpc) is 3.31. The molecule has 0 radical (unpaired) electrons. The fourth-order valence-corrected chi connectivity index (χ4v) is 5.21. The van der Waals surface area contributed by atoms with Gasteiger partial charge in [-0.05, 0) is 24.6 Å². The standard InChI is InChI=1S/C21H20N6O8S2/c1-2-35-25-14(12-8-37-21(22)23-12)17(29)24-15-18(30)26-16(13(28)9-36-19(15)26)20(31)34-7-10-3-5-11(6-4-10)27(32)33/h3-6,8,15,19,28H,2,7,9H2,1H3,(H2,22,23)(H,24,29)/t15?,19-/m0/s1. The van der Waals surface area contributed by atoms with Gasteiger partial charge >= 0.3 is 5.97 Å². The largest absolute Gasteiger partial charge is 0.509 e. The summed E-state index contributed by atoms with van der Waals surface area (Å²) in [6.07, 6.45) is 0. The van der Waals surface area contributed by atoms with Crippen molar-refractivity contribution >= 4 is 57.4 Å². The Labute approximate surface area is 217 Å². The first-order valence-corrected chi connectivity index (χ1v) is 12.6. The van der Waals surface area contributed by atoms with Crippen molar-refractivity contribution in [2.24, 2.45) is 5.16 Å². The summed E-state index contributed by atoms with van der Waals surface area (Å²) in [5.41, 5.74) is 5.70. The summed E-state index contributed by atoms with van der Waals surface area (Å²) in [6.45, 7) is 1.64. The van der Waals surface area contributed by atoms with Gasteiger partial charge in [-0.1, -0.05) is 5.16 Å². The molecule has 14 nitrogen and oxygen atoms in total. The van der Waals surface area contributed by atoms with Crippen LogP contribution in [-0.2, 0) is 30.6 Å². The number of thioether (sulfide) groups is 1. The number of non-ortho nitro benzene ring substituents is 1. The first-order valence-electron chi connectivity index (χ1n) is 10.7. The normalized spacial score (nSPS) is 19.1. The van der Waals surface area contributed by atoms with E-state index in [1.807, 2.05) is 0 Å². The molecule has 2 amide bonds. The second-order valence-corrected chi connectivity index (χ2v) is 9.58. The topological polar surface area (TPSA) is 200 Å². The fourth-order valence-electron chi connectivity index (χ4n) is 3.46. The number of nitro groups is 1. The van der Waals surface area contributed by atoms with Crippen molar-refractivity contribution in [3.8, 4) is 0 Å². The molecule has 4 N–H and O–H groups in total.